The number of nitrogens with zero attached hydrogens (tertiary/aromatic N) is 3. The van der Waals surface area contributed by atoms with Gasteiger partial charge in [-0.1, -0.05) is 12.1 Å². The van der Waals surface area contributed by atoms with Crippen molar-refractivity contribution in [1.82, 2.24) is 14.9 Å². The standard InChI is InChI=1S/C18H23N5O3/c1-13-12-16(21-15-5-3-2-4-14(15)17(24)25)22-18(20-13)19-6-7-23-8-10-26-11-9-23/h2-5,12H,6-11H2,1H3,(H,24,25)(H2,19,20,21,22). The third-order valence-corrected chi connectivity index (χ3v) is 4.09. The molecule has 26 heavy (non-hydrogen) atoms. The van der Waals surface area contributed by atoms with E-state index in [2.05, 4.69) is 25.5 Å². The highest BCUT2D eigenvalue weighted by molar-refractivity contribution is 5.95. The number of benzene rings is 1. The molecule has 3 rings (SSSR count). The van der Waals surface area contributed by atoms with Gasteiger partial charge in [0.2, 0.25) is 5.95 Å². The van der Waals surface area contributed by atoms with Gasteiger partial charge in [-0.2, -0.15) is 4.98 Å². The van der Waals surface area contributed by atoms with Crippen LogP contribution in [-0.4, -0.2) is 65.3 Å². The number of para-hydroxylation sites is 1. The summed E-state index contributed by atoms with van der Waals surface area (Å²) in [6.45, 7) is 6.93. The fourth-order valence-electron chi connectivity index (χ4n) is 2.78. The first-order valence-electron chi connectivity index (χ1n) is 8.61. The number of hydrogen-bond donors (Lipinski definition) is 3. The van der Waals surface area contributed by atoms with Crippen LogP contribution in [0.4, 0.5) is 17.5 Å². The molecule has 1 aliphatic rings. The molecule has 1 aliphatic heterocycles. The Hall–Kier alpha value is -2.71. The van der Waals surface area contributed by atoms with Gasteiger partial charge in [0.15, 0.2) is 0 Å². The number of aryl methyl sites for hydroxylation is 1. The Labute approximate surface area is 152 Å². The number of carbonyl (C=O) groups is 1. The molecule has 0 atom stereocenters. The molecule has 3 N–H and O–H groups in total. The first-order valence-corrected chi connectivity index (χ1v) is 8.61. The van der Waals surface area contributed by atoms with Crippen molar-refractivity contribution in [3.05, 3.63) is 41.6 Å². The predicted molar refractivity (Wildman–Crippen MR) is 99.2 cm³/mol. The number of morpholine rings is 1. The van der Waals surface area contributed by atoms with Crippen LogP contribution in [0, 0.1) is 6.92 Å². The number of hydrogen-bond acceptors (Lipinski definition) is 7. The van der Waals surface area contributed by atoms with Crippen molar-refractivity contribution in [3.63, 3.8) is 0 Å². The molecule has 0 spiro atoms. The second-order valence-corrected chi connectivity index (χ2v) is 6.07. The highest BCUT2D eigenvalue weighted by Crippen LogP contribution is 2.20. The van der Waals surface area contributed by atoms with Crippen molar-refractivity contribution in [2.24, 2.45) is 0 Å². The van der Waals surface area contributed by atoms with Gasteiger partial charge in [-0.05, 0) is 19.1 Å². The summed E-state index contributed by atoms with van der Waals surface area (Å²) in [6.07, 6.45) is 0. The van der Waals surface area contributed by atoms with Crippen LogP contribution in [0.15, 0.2) is 30.3 Å². The van der Waals surface area contributed by atoms with Crippen molar-refractivity contribution in [2.45, 2.75) is 6.92 Å². The molecule has 0 aliphatic carbocycles. The Balaban J connectivity index is 1.65. The van der Waals surface area contributed by atoms with Crippen molar-refractivity contribution in [1.29, 1.82) is 0 Å². The summed E-state index contributed by atoms with van der Waals surface area (Å²) >= 11 is 0. The third kappa shape index (κ3) is 4.90. The zero-order valence-corrected chi connectivity index (χ0v) is 14.7. The molecule has 0 unspecified atom stereocenters. The van der Waals surface area contributed by atoms with Crippen molar-refractivity contribution >= 4 is 23.4 Å². The minimum Gasteiger partial charge on any atom is -0.478 e. The second kappa shape index (κ2) is 8.59. The van der Waals surface area contributed by atoms with Gasteiger partial charge in [0, 0.05) is 37.9 Å². The van der Waals surface area contributed by atoms with Gasteiger partial charge in [0.1, 0.15) is 5.82 Å². The van der Waals surface area contributed by atoms with E-state index in [4.69, 9.17) is 4.74 Å². The quantitative estimate of drug-likeness (QED) is 0.692. The zero-order chi connectivity index (χ0) is 18.4. The van der Waals surface area contributed by atoms with Gasteiger partial charge in [0.25, 0.3) is 0 Å². The highest BCUT2D eigenvalue weighted by Gasteiger charge is 2.12. The summed E-state index contributed by atoms with van der Waals surface area (Å²) in [5.41, 5.74) is 1.49. The van der Waals surface area contributed by atoms with Gasteiger partial charge < -0.3 is 20.5 Å². The molecular formula is C18H23N5O3. The lowest BCUT2D eigenvalue weighted by atomic mass is 10.2. The summed E-state index contributed by atoms with van der Waals surface area (Å²) < 4.78 is 5.34. The smallest absolute Gasteiger partial charge is 0.337 e. The molecule has 1 saturated heterocycles. The Kier molecular flexibility index (Phi) is 5.98. The lowest BCUT2D eigenvalue weighted by molar-refractivity contribution is 0.0398. The molecule has 1 aromatic carbocycles. The van der Waals surface area contributed by atoms with Crippen LogP contribution in [0.3, 0.4) is 0 Å². The van der Waals surface area contributed by atoms with E-state index in [1.54, 1.807) is 30.3 Å². The van der Waals surface area contributed by atoms with Gasteiger partial charge in [-0.15, -0.1) is 0 Å². The number of aromatic carboxylic acids is 1. The van der Waals surface area contributed by atoms with Crippen molar-refractivity contribution < 1.29 is 14.6 Å². The average molecular weight is 357 g/mol. The van der Waals surface area contributed by atoms with Crippen LogP contribution in [-0.2, 0) is 4.74 Å². The summed E-state index contributed by atoms with van der Waals surface area (Å²) in [6, 6.07) is 8.53. The fraction of sp³-hybridized carbons (Fsp3) is 0.389. The number of ether oxygens (including phenoxy) is 1. The van der Waals surface area contributed by atoms with E-state index in [0.717, 1.165) is 45.1 Å². The average Bonchev–Trinajstić information content (AvgIpc) is 2.62. The van der Waals surface area contributed by atoms with Crippen LogP contribution in [0.2, 0.25) is 0 Å². The lowest BCUT2D eigenvalue weighted by Gasteiger charge is -2.26. The molecule has 8 heteroatoms. The number of carboxylic acids is 1. The van der Waals surface area contributed by atoms with Gasteiger partial charge in [-0.3, -0.25) is 4.90 Å². The molecule has 2 heterocycles. The van der Waals surface area contributed by atoms with E-state index in [1.807, 2.05) is 6.92 Å². The lowest BCUT2D eigenvalue weighted by Crippen LogP contribution is -2.39. The zero-order valence-electron chi connectivity index (χ0n) is 14.7. The van der Waals surface area contributed by atoms with Crippen LogP contribution >= 0.6 is 0 Å². The summed E-state index contributed by atoms with van der Waals surface area (Å²) in [7, 11) is 0. The second-order valence-electron chi connectivity index (χ2n) is 6.07. The van der Waals surface area contributed by atoms with Crippen molar-refractivity contribution in [3.8, 4) is 0 Å². The molecule has 1 aromatic heterocycles. The highest BCUT2D eigenvalue weighted by atomic mass is 16.5. The molecule has 0 amide bonds. The van der Waals surface area contributed by atoms with Crippen LogP contribution in [0.5, 0.6) is 0 Å². The SMILES string of the molecule is Cc1cc(Nc2ccccc2C(=O)O)nc(NCCN2CCOCC2)n1. The first-order chi connectivity index (χ1) is 12.6. The molecule has 138 valence electrons. The van der Waals surface area contributed by atoms with Crippen LogP contribution in [0.25, 0.3) is 0 Å². The molecule has 2 aromatic rings. The Morgan fingerprint density at radius 2 is 2.04 bits per heavy atom. The minimum absolute atomic E-state index is 0.200. The summed E-state index contributed by atoms with van der Waals surface area (Å²) in [5, 5.41) is 15.6. The maximum absolute atomic E-state index is 11.3. The van der Waals surface area contributed by atoms with E-state index >= 15 is 0 Å². The van der Waals surface area contributed by atoms with E-state index in [1.165, 1.54) is 0 Å². The third-order valence-electron chi connectivity index (χ3n) is 4.09. The monoisotopic (exact) mass is 357 g/mol. The van der Waals surface area contributed by atoms with E-state index in [-0.39, 0.29) is 5.56 Å². The molecule has 0 radical (unpaired) electrons. The normalized spacial score (nSPS) is 14.8. The topological polar surface area (TPSA) is 99.6 Å². The number of anilines is 3. The molecular weight excluding hydrogens is 334 g/mol. The van der Waals surface area contributed by atoms with Crippen LogP contribution in [0.1, 0.15) is 16.1 Å². The molecule has 8 nitrogen and oxygen atoms in total. The predicted octanol–water partition coefficient (Wildman–Crippen LogP) is 1.97. The maximum atomic E-state index is 11.3. The van der Waals surface area contributed by atoms with E-state index in [9.17, 15) is 9.90 Å². The largest absolute Gasteiger partial charge is 0.478 e. The minimum atomic E-state index is -0.984. The summed E-state index contributed by atoms with van der Waals surface area (Å²) in [5.74, 6) is 0.0939. The number of carboxylic acid groups (broad SMARTS) is 1. The van der Waals surface area contributed by atoms with Crippen molar-refractivity contribution in [2.75, 3.05) is 50.0 Å². The molecule has 0 saturated carbocycles. The fourth-order valence-corrected chi connectivity index (χ4v) is 2.78. The first kappa shape index (κ1) is 18.1. The van der Waals surface area contributed by atoms with Gasteiger partial charge in [0.05, 0.1) is 24.5 Å². The number of aromatic nitrogens is 2. The number of nitrogens with one attached hydrogen (secondary N) is 2. The Bertz CT molecular complexity index is 762. The van der Waals surface area contributed by atoms with Crippen LogP contribution < -0.4 is 10.6 Å². The molecule has 0 bridgehead atoms. The Morgan fingerprint density at radius 1 is 1.27 bits per heavy atom. The van der Waals surface area contributed by atoms with E-state index in [0.29, 0.717) is 17.5 Å². The van der Waals surface area contributed by atoms with Gasteiger partial charge >= 0.3 is 5.97 Å². The maximum Gasteiger partial charge on any atom is 0.337 e. The number of rotatable bonds is 7. The summed E-state index contributed by atoms with van der Waals surface area (Å²) in [4.78, 5) is 22.5. The van der Waals surface area contributed by atoms with Gasteiger partial charge in [-0.25, -0.2) is 9.78 Å². The molecule has 1 fully saturated rings. The Morgan fingerprint density at radius 3 is 2.81 bits per heavy atom. The van der Waals surface area contributed by atoms with E-state index < -0.39 is 5.97 Å².